The summed E-state index contributed by atoms with van der Waals surface area (Å²) in [5, 5.41) is 12.4. The number of likely N-dealkylation sites (tertiary alicyclic amines) is 1. The number of nitrogens with zero attached hydrogens (tertiary/aromatic N) is 3. The lowest BCUT2D eigenvalue weighted by Gasteiger charge is -2.25. The van der Waals surface area contributed by atoms with E-state index in [0.29, 0.717) is 0 Å². The zero-order chi connectivity index (χ0) is 16.9. The first-order valence-corrected chi connectivity index (χ1v) is 10.1. The number of rotatable bonds is 5. The van der Waals surface area contributed by atoms with Gasteiger partial charge < -0.3 is 4.90 Å². The lowest BCUT2D eigenvalue weighted by atomic mass is 10.1. The highest BCUT2D eigenvalue weighted by Gasteiger charge is 2.10. The van der Waals surface area contributed by atoms with Crippen molar-refractivity contribution in [3.63, 3.8) is 0 Å². The van der Waals surface area contributed by atoms with E-state index in [2.05, 4.69) is 69.7 Å². The molecule has 1 aliphatic rings. The van der Waals surface area contributed by atoms with Crippen LogP contribution in [-0.4, -0.2) is 40.5 Å². The van der Waals surface area contributed by atoms with E-state index in [-0.39, 0.29) is 0 Å². The Hall–Kier alpha value is -1.91. The molecule has 0 N–H and O–H groups in total. The van der Waals surface area contributed by atoms with Gasteiger partial charge >= 0.3 is 0 Å². The zero-order valence-electron chi connectivity index (χ0n) is 14.4. The molecule has 0 aliphatic carbocycles. The van der Waals surface area contributed by atoms with E-state index >= 15 is 0 Å². The van der Waals surface area contributed by atoms with Crippen molar-refractivity contribution in [1.29, 1.82) is 0 Å². The summed E-state index contributed by atoms with van der Waals surface area (Å²) in [5.74, 6) is 1.09. The zero-order valence-corrected chi connectivity index (χ0v) is 15.2. The minimum atomic E-state index is 0.936. The third-order valence-electron chi connectivity index (χ3n) is 4.79. The Morgan fingerprint density at radius 3 is 2.48 bits per heavy atom. The van der Waals surface area contributed by atoms with Gasteiger partial charge in [0.25, 0.3) is 0 Å². The second kappa shape index (κ2) is 7.98. The topological polar surface area (TPSA) is 29.0 Å². The number of hydrogen-bond acceptors (Lipinski definition) is 4. The number of benzene rings is 2. The molecule has 2 heterocycles. The fourth-order valence-electron chi connectivity index (χ4n) is 3.36. The van der Waals surface area contributed by atoms with Gasteiger partial charge in [0.1, 0.15) is 5.03 Å². The largest absolute Gasteiger partial charge is 0.303 e. The number of fused-ring (bicyclic) bond motifs is 1. The molecule has 3 aromatic rings. The van der Waals surface area contributed by atoms with Gasteiger partial charge in [-0.05, 0) is 54.9 Å². The van der Waals surface area contributed by atoms with Gasteiger partial charge in [0, 0.05) is 17.9 Å². The van der Waals surface area contributed by atoms with Crippen LogP contribution in [0, 0.1) is 0 Å². The van der Waals surface area contributed by atoms with E-state index in [1.54, 1.807) is 11.8 Å². The molecule has 0 amide bonds. The second-order valence-corrected chi connectivity index (χ2v) is 7.68. The molecular weight excluding hydrogens is 326 g/mol. The summed E-state index contributed by atoms with van der Waals surface area (Å²) in [6.45, 7) is 3.67. The number of aromatic nitrogens is 2. The predicted octanol–water partition coefficient (Wildman–Crippen LogP) is 4.87. The lowest BCUT2D eigenvalue weighted by molar-refractivity contribution is 0.242. The van der Waals surface area contributed by atoms with E-state index in [1.807, 2.05) is 0 Å². The van der Waals surface area contributed by atoms with Gasteiger partial charge in [-0.2, -0.15) is 0 Å². The van der Waals surface area contributed by atoms with Crippen LogP contribution >= 0.6 is 11.8 Å². The van der Waals surface area contributed by atoms with Crippen LogP contribution in [0.5, 0.6) is 0 Å². The molecule has 1 aromatic heterocycles. The maximum atomic E-state index is 4.44. The van der Waals surface area contributed by atoms with Gasteiger partial charge in [0.05, 0.1) is 5.69 Å². The Bertz CT molecular complexity index is 826. The van der Waals surface area contributed by atoms with Crippen LogP contribution in [0.2, 0.25) is 0 Å². The quantitative estimate of drug-likeness (QED) is 0.614. The average Bonchev–Trinajstić information content (AvgIpc) is 2.69. The Morgan fingerprint density at radius 1 is 0.840 bits per heavy atom. The molecule has 0 unspecified atom stereocenters. The van der Waals surface area contributed by atoms with Crippen LogP contribution in [0.4, 0.5) is 0 Å². The Labute approximate surface area is 153 Å². The summed E-state index contributed by atoms with van der Waals surface area (Å²) in [5.41, 5.74) is 2.06. The molecule has 25 heavy (non-hydrogen) atoms. The highest BCUT2D eigenvalue weighted by molar-refractivity contribution is 7.99. The smallest absolute Gasteiger partial charge is 0.119 e. The molecule has 0 atom stereocenters. The third-order valence-corrected chi connectivity index (χ3v) is 5.69. The first-order valence-electron chi connectivity index (χ1n) is 9.06. The van der Waals surface area contributed by atoms with Crippen LogP contribution < -0.4 is 0 Å². The van der Waals surface area contributed by atoms with Gasteiger partial charge in [0.15, 0.2) is 0 Å². The molecule has 4 rings (SSSR count). The maximum Gasteiger partial charge on any atom is 0.119 e. The molecular formula is C21H23N3S. The van der Waals surface area contributed by atoms with Crippen molar-refractivity contribution in [2.24, 2.45) is 0 Å². The average molecular weight is 350 g/mol. The molecule has 1 fully saturated rings. The van der Waals surface area contributed by atoms with Gasteiger partial charge in [-0.1, -0.05) is 42.8 Å². The van der Waals surface area contributed by atoms with Gasteiger partial charge in [-0.25, -0.2) is 0 Å². The molecule has 1 aliphatic heterocycles. The van der Waals surface area contributed by atoms with Crippen molar-refractivity contribution < 1.29 is 0 Å². The van der Waals surface area contributed by atoms with E-state index in [9.17, 15) is 0 Å². The van der Waals surface area contributed by atoms with Crippen molar-refractivity contribution in [1.82, 2.24) is 15.1 Å². The first-order chi connectivity index (χ1) is 12.4. The van der Waals surface area contributed by atoms with E-state index in [1.165, 1.54) is 43.1 Å². The van der Waals surface area contributed by atoms with Crippen LogP contribution in [-0.2, 0) is 0 Å². The predicted molar refractivity (Wildman–Crippen MR) is 106 cm³/mol. The SMILES string of the molecule is c1ccc2cc(-c3ccc(SCCN4CCCCC4)nn3)ccc2c1. The summed E-state index contributed by atoms with van der Waals surface area (Å²) in [4.78, 5) is 2.56. The standard InChI is InChI=1S/C21H23N3S/c1-4-12-24(13-5-1)14-15-25-21-11-10-20(22-23-21)19-9-8-17-6-2-3-7-18(17)16-19/h2-3,6-11,16H,1,4-5,12-15H2. The van der Waals surface area contributed by atoms with Crippen LogP contribution in [0.3, 0.4) is 0 Å². The summed E-state index contributed by atoms with van der Waals surface area (Å²) in [7, 11) is 0. The van der Waals surface area contributed by atoms with Gasteiger partial charge in [0.2, 0.25) is 0 Å². The monoisotopic (exact) mass is 349 g/mol. The van der Waals surface area contributed by atoms with Crippen LogP contribution in [0.25, 0.3) is 22.0 Å². The number of thioether (sulfide) groups is 1. The van der Waals surface area contributed by atoms with Crippen molar-refractivity contribution in [3.8, 4) is 11.3 Å². The Balaban J connectivity index is 1.38. The molecule has 0 radical (unpaired) electrons. The molecule has 0 bridgehead atoms. The minimum Gasteiger partial charge on any atom is -0.303 e. The fraction of sp³-hybridized carbons (Fsp3) is 0.333. The van der Waals surface area contributed by atoms with E-state index in [4.69, 9.17) is 0 Å². The Kier molecular flexibility index (Phi) is 5.28. The van der Waals surface area contributed by atoms with Crippen LogP contribution in [0.1, 0.15) is 19.3 Å². The minimum absolute atomic E-state index is 0.936. The normalized spacial score (nSPS) is 15.5. The van der Waals surface area contributed by atoms with E-state index < -0.39 is 0 Å². The first kappa shape index (κ1) is 16.6. The van der Waals surface area contributed by atoms with Crippen molar-refractivity contribution in [3.05, 3.63) is 54.6 Å². The molecule has 4 heteroatoms. The molecule has 1 saturated heterocycles. The van der Waals surface area contributed by atoms with Crippen molar-refractivity contribution in [2.75, 3.05) is 25.4 Å². The van der Waals surface area contributed by atoms with Crippen molar-refractivity contribution in [2.45, 2.75) is 24.3 Å². The highest BCUT2D eigenvalue weighted by Crippen LogP contribution is 2.24. The van der Waals surface area contributed by atoms with Crippen molar-refractivity contribution >= 4 is 22.5 Å². The summed E-state index contributed by atoms with van der Waals surface area (Å²) in [6.07, 6.45) is 4.10. The number of hydrogen-bond donors (Lipinski definition) is 0. The van der Waals surface area contributed by atoms with Gasteiger partial charge in [-0.15, -0.1) is 22.0 Å². The van der Waals surface area contributed by atoms with Crippen LogP contribution in [0.15, 0.2) is 59.6 Å². The summed E-state index contributed by atoms with van der Waals surface area (Å²) in [6, 6.07) is 19.0. The maximum absolute atomic E-state index is 4.44. The highest BCUT2D eigenvalue weighted by atomic mass is 32.2. The third kappa shape index (κ3) is 4.20. The van der Waals surface area contributed by atoms with E-state index in [0.717, 1.165) is 28.6 Å². The molecule has 0 spiro atoms. The number of piperidine rings is 1. The molecule has 0 saturated carbocycles. The molecule has 2 aromatic carbocycles. The van der Waals surface area contributed by atoms with Gasteiger partial charge in [-0.3, -0.25) is 0 Å². The molecule has 128 valence electrons. The lowest BCUT2D eigenvalue weighted by Crippen LogP contribution is -2.31. The fourth-order valence-corrected chi connectivity index (χ4v) is 4.18. The summed E-state index contributed by atoms with van der Waals surface area (Å²) >= 11 is 1.81. The Morgan fingerprint density at radius 2 is 1.68 bits per heavy atom. The molecule has 3 nitrogen and oxygen atoms in total. The summed E-state index contributed by atoms with van der Waals surface area (Å²) < 4.78 is 0. The second-order valence-electron chi connectivity index (χ2n) is 6.57.